The van der Waals surface area contributed by atoms with Crippen LogP contribution in [-0.4, -0.2) is 35.1 Å². The zero-order valence-electron chi connectivity index (χ0n) is 14.0. The van der Waals surface area contributed by atoms with E-state index in [9.17, 15) is 9.59 Å². The fraction of sp³-hybridized carbons (Fsp3) is 0.263. The van der Waals surface area contributed by atoms with Crippen molar-refractivity contribution in [3.05, 3.63) is 57.6 Å². The van der Waals surface area contributed by atoms with Crippen molar-refractivity contribution in [3.63, 3.8) is 0 Å². The van der Waals surface area contributed by atoms with Crippen LogP contribution in [0.2, 0.25) is 10.0 Å². The van der Waals surface area contributed by atoms with Gasteiger partial charge in [-0.1, -0.05) is 23.2 Å². The van der Waals surface area contributed by atoms with Gasteiger partial charge in [0.05, 0.1) is 12.1 Å². The molecule has 2 aromatic carbocycles. The van der Waals surface area contributed by atoms with E-state index in [1.807, 2.05) is 0 Å². The molecule has 1 saturated heterocycles. The quantitative estimate of drug-likeness (QED) is 0.631. The average molecular weight is 405 g/mol. The Bertz CT molecular complexity index is 903. The van der Waals surface area contributed by atoms with E-state index in [0.29, 0.717) is 41.1 Å². The van der Waals surface area contributed by atoms with Crippen molar-refractivity contribution >= 4 is 35.4 Å². The first-order valence-corrected chi connectivity index (χ1v) is 9.34. The van der Waals surface area contributed by atoms with Gasteiger partial charge in [0.1, 0.15) is 11.5 Å². The zero-order valence-corrected chi connectivity index (χ0v) is 15.5. The first kappa shape index (κ1) is 16.7. The lowest BCUT2D eigenvalue weighted by Crippen LogP contribution is -2.48. The van der Waals surface area contributed by atoms with Crippen molar-refractivity contribution < 1.29 is 19.1 Å². The van der Waals surface area contributed by atoms with Crippen molar-refractivity contribution in [3.8, 4) is 11.5 Å². The smallest absolute Gasteiger partial charge is 0.410 e. The maximum absolute atomic E-state index is 12.7. The van der Waals surface area contributed by atoms with E-state index in [1.54, 1.807) is 46.2 Å². The maximum atomic E-state index is 12.7. The lowest BCUT2D eigenvalue weighted by atomic mass is 9.89. The van der Waals surface area contributed by atoms with Crippen molar-refractivity contribution in [2.75, 3.05) is 13.1 Å². The molecule has 0 bridgehead atoms. The zero-order chi connectivity index (χ0) is 18.7. The lowest BCUT2D eigenvalue weighted by Gasteiger charge is -2.43. The van der Waals surface area contributed by atoms with Gasteiger partial charge in [-0.3, -0.25) is 9.80 Å². The number of halogens is 2. The van der Waals surface area contributed by atoms with E-state index in [1.165, 1.54) is 0 Å². The van der Waals surface area contributed by atoms with Gasteiger partial charge in [0.2, 0.25) is 0 Å². The Kier molecular flexibility index (Phi) is 3.74. The first-order chi connectivity index (χ1) is 13.0. The summed E-state index contributed by atoms with van der Waals surface area (Å²) < 4.78 is 11.0. The molecule has 27 heavy (non-hydrogen) atoms. The van der Waals surface area contributed by atoms with E-state index in [-0.39, 0.29) is 0 Å². The first-order valence-electron chi connectivity index (χ1n) is 8.59. The molecule has 0 unspecified atom stereocenters. The van der Waals surface area contributed by atoms with E-state index < -0.39 is 24.3 Å². The molecule has 0 saturated carbocycles. The van der Waals surface area contributed by atoms with Crippen LogP contribution in [0.3, 0.4) is 0 Å². The SMILES string of the molecule is O=C1Oc2ccc(Cl)cc2[C@@H]2[C@@H]3c4cc(Cl)ccc4OC(=O)N3CCCN12. The standard InChI is InChI=1S/C19H14Cl2N2O4/c20-10-2-4-14-12(8-10)16-17-13-9-11(21)3-5-15(13)27-19(25)23(17)7-1-6-22(16)18(24)26-14/h2-5,8-9,16-17H,1,6-7H2/t16-,17+. The summed E-state index contributed by atoms with van der Waals surface area (Å²) in [5.74, 6) is 0.907. The number of carbonyl (C=O) groups is 2. The van der Waals surface area contributed by atoms with Gasteiger partial charge in [-0.05, 0) is 42.8 Å². The highest BCUT2D eigenvalue weighted by Gasteiger charge is 2.48. The van der Waals surface area contributed by atoms with Gasteiger partial charge < -0.3 is 9.47 Å². The van der Waals surface area contributed by atoms with Gasteiger partial charge in [-0.2, -0.15) is 0 Å². The highest BCUT2D eigenvalue weighted by molar-refractivity contribution is 6.31. The van der Waals surface area contributed by atoms with Crippen molar-refractivity contribution in [1.29, 1.82) is 0 Å². The van der Waals surface area contributed by atoms with E-state index >= 15 is 0 Å². The van der Waals surface area contributed by atoms with Gasteiger partial charge >= 0.3 is 12.2 Å². The molecule has 8 heteroatoms. The Morgan fingerprint density at radius 1 is 0.778 bits per heavy atom. The third-order valence-corrected chi connectivity index (χ3v) is 5.68. The molecular weight excluding hydrogens is 391 g/mol. The van der Waals surface area contributed by atoms with Crippen LogP contribution < -0.4 is 9.47 Å². The Balaban J connectivity index is 1.76. The minimum absolute atomic E-state index is 0.431. The number of hydrogen-bond acceptors (Lipinski definition) is 4. The van der Waals surface area contributed by atoms with Crippen molar-refractivity contribution in [2.45, 2.75) is 18.5 Å². The predicted octanol–water partition coefficient (Wildman–Crippen LogP) is 4.81. The number of amides is 2. The van der Waals surface area contributed by atoms with E-state index in [4.69, 9.17) is 32.7 Å². The number of fused-ring (bicyclic) bond motifs is 7. The molecule has 3 aliphatic rings. The topological polar surface area (TPSA) is 59.1 Å². The summed E-state index contributed by atoms with van der Waals surface area (Å²) in [6, 6.07) is 9.42. The fourth-order valence-corrected chi connectivity index (χ4v) is 4.47. The summed E-state index contributed by atoms with van der Waals surface area (Å²) in [5.41, 5.74) is 1.53. The van der Waals surface area contributed by atoms with Crippen LogP contribution in [0.4, 0.5) is 9.59 Å². The van der Waals surface area contributed by atoms with Gasteiger partial charge in [0, 0.05) is 34.3 Å². The van der Waals surface area contributed by atoms with Gasteiger partial charge in [0.25, 0.3) is 0 Å². The molecule has 0 aromatic heterocycles. The molecule has 5 rings (SSSR count). The molecule has 0 spiro atoms. The Morgan fingerprint density at radius 2 is 1.22 bits per heavy atom. The van der Waals surface area contributed by atoms with E-state index in [2.05, 4.69) is 0 Å². The van der Waals surface area contributed by atoms with Crippen LogP contribution in [0.1, 0.15) is 29.6 Å². The molecule has 1 fully saturated rings. The number of carbonyl (C=O) groups excluding carboxylic acids is 2. The summed E-state index contributed by atoms with van der Waals surface area (Å²) in [6.07, 6.45) is -0.249. The van der Waals surface area contributed by atoms with Crippen LogP contribution >= 0.6 is 23.2 Å². The second kappa shape index (κ2) is 6.04. The number of hydrogen-bond donors (Lipinski definition) is 0. The molecule has 2 amide bonds. The number of benzene rings is 2. The average Bonchev–Trinajstić information content (AvgIpc) is 2.84. The second-order valence-corrected chi connectivity index (χ2v) is 7.60. The van der Waals surface area contributed by atoms with Crippen LogP contribution in [-0.2, 0) is 0 Å². The summed E-state index contributed by atoms with van der Waals surface area (Å²) in [6.45, 7) is 0.928. The number of nitrogens with zero attached hydrogens (tertiary/aromatic N) is 2. The van der Waals surface area contributed by atoms with Gasteiger partial charge in [-0.25, -0.2) is 9.59 Å². The number of rotatable bonds is 0. The summed E-state index contributed by atoms with van der Waals surface area (Å²) in [5, 5.41) is 1.07. The third kappa shape index (κ3) is 2.55. The molecule has 3 aliphatic heterocycles. The molecular formula is C19H14Cl2N2O4. The van der Waals surface area contributed by atoms with Crippen LogP contribution in [0.25, 0.3) is 0 Å². The highest BCUT2D eigenvalue weighted by Crippen LogP contribution is 2.51. The number of ether oxygens (including phenoxy) is 2. The van der Waals surface area contributed by atoms with Gasteiger partial charge in [0.15, 0.2) is 0 Å². The van der Waals surface area contributed by atoms with Crippen molar-refractivity contribution in [1.82, 2.24) is 9.80 Å². The molecule has 0 N–H and O–H groups in total. The van der Waals surface area contributed by atoms with Crippen molar-refractivity contribution in [2.24, 2.45) is 0 Å². The Morgan fingerprint density at radius 3 is 1.67 bits per heavy atom. The molecule has 2 atom stereocenters. The van der Waals surface area contributed by atoms with Crippen LogP contribution in [0.15, 0.2) is 36.4 Å². The largest absolute Gasteiger partial charge is 0.415 e. The molecule has 3 heterocycles. The lowest BCUT2D eigenvalue weighted by molar-refractivity contribution is 0.0707. The molecule has 2 aromatic rings. The highest BCUT2D eigenvalue weighted by atomic mass is 35.5. The van der Waals surface area contributed by atoms with Gasteiger partial charge in [-0.15, -0.1) is 0 Å². The molecule has 0 aliphatic carbocycles. The molecule has 138 valence electrons. The third-order valence-electron chi connectivity index (χ3n) is 5.21. The predicted molar refractivity (Wildman–Crippen MR) is 98.5 cm³/mol. The normalized spacial score (nSPS) is 23.3. The maximum Gasteiger partial charge on any atom is 0.415 e. The summed E-state index contributed by atoms with van der Waals surface area (Å²) in [4.78, 5) is 28.7. The second-order valence-electron chi connectivity index (χ2n) is 6.73. The van der Waals surface area contributed by atoms with E-state index in [0.717, 1.165) is 11.1 Å². The fourth-order valence-electron chi connectivity index (χ4n) is 4.11. The monoisotopic (exact) mass is 404 g/mol. The van der Waals surface area contributed by atoms with Crippen LogP contribution in [0, 0.1) is 0 Å². The summed E-state index contributed by atoms with van der Waals surface area (Å²) >= 11 is 12.5. The summed E-state index contributed by atoms with van der Waals surface area (Å²) in [7, 11) is 0. The molecule has 6 nitrogen and oxygen atoms in total. The minimum Gasteiger partial charge on any atom is -0.410 e. The Labute approximate surface area is 165 Å². The Hall–Kier alpha value is -2.44. The molecule has 0 radical (unpaired) electrons. The van der Waals surface area contributed by atoms with Crippen LogP contribution in [0.5, 0.6) is 11.5 Å². The minimum atomic E-state index is -0.437.